The molecule has 1 aromatic rings. The highest BCUT2D eigenvalue weighted by molar-refractivity contribution is 5.89. The van der Waals surface area contributed by atoms with Crippen LogP contribution in [0.25, 0.3) is 6.08 Å². The second-order valence-corrected chi connectivity index (χ2v) is 6.66. The smallest absolute Gasteiger partial charge is 0.240 e. The highest BCUT2D eigenvalue weighted by Gasteiger charge is 2.23. The van der Waals surface area contributed by atoms with E-state index in [1.165, 1.54) is 4.90 Å². The van der Waals surface area contributed by atoms with E-state index in [1.807, 2.05) is 19.9 Å². The van der Waals surface area contributed by atoms with Crippen LogP contribution in [0.15, 0.2) is 18.3 Å². The minimum atomic E-state index is -0.320. The van der Waals surface area contributed by atoms with Crippen molar-refractivity contribution in [2.75, 3.05) is 27.4 Å². The van der Waals surface area contributed by atoms with Gasteiger partial charge in [0, 0.05) is 6.20 Å². The number of nitrogens with one attached hydrogen (secondary N) is 1. The van der Waals surface area contributed by atoms with Crippen LogP contribution in [0, 0.1) is 5.92 Å². The zero-order chi connectivity index (χ0) is 20.0. The summed E-state index contributed by atoms with van der Waals surface area (Å²) in [6, 6.07) is 3.27. The molecule has 0 spiro atoms. The molecule has 1 aromatic carbocycles. The van der Waals surface area contributed by atoms with E-state index in [2.05, 4.69) is 5.32 Å². The van der Waals surface area contributed by atoms with Crippen LogP contribution in [0.1, 0.15) is 31.4 Å². The number of aliphatic hydroxyl groups is 1. The fourth-order valence-corrected chi connectivity index (χ4v) is 2.96. The van der Waals surface area contributed by atoms with Crippen molar-refractivity contribution in [2.45, 2.75) is 32.7 Å². The first-order valence-corrected chi connectivity index (χ1v) is 9.06. The topological polar surface area (TPSA) is 88.1 Å². The molecular weight excluding hydrogens is 348 g/mol. The summed E-state index contributed by atoms with van der Waals surface area (Å²) in [5.41, 5.74) is 1.65. The zero-order valence-electron chi connectivity index (χ0n) is 16.3. The van der Waals surface area contributed by atoms with Crippen LogP contribution in [-0.2, 0) is 16.0 Å². The van der Waals surface area contributed by atoms with Crippen molar-refractivity contribution in [3.05, 3.63) is 29.5 Å². The molecule has 0 unspecified atom stereocenters. The number of fused-ring (bicyclic) bond motifs is 1. The van der Waals surface area contributed by atoms with E-state index in [0.29, 0.717) is 11.5 Å². The molecule has 2 rings (SSSR count). The first-order chi connectivity index (χ1) is 12.9. The summed E-state index contributed by atoms with van der Waals surface area (Å²) in [6.07, 6.45) is 4.39. The fourth-order valence-electron chi connectivity index (χ4n) is 2.96. The Balaban J connectivity index is 2.12. The first kappa shape index (κ1) is 20.8. The van der Waals surface area contributed by atoms with Crippen molar-refractivity contribution >= 4 is 17.9 Å². The lowest BCUT2D eigenvalue weighted by Gasteiger charge is -2.24. The number of methoxy groups -OCH3 is 2. The number of carbonyl (C=O) groups excluding carboxylic acids is 2. The van der Waals surface area contributed by atoms with Gasteiger partial charge in [0.05, 0.1) is 33.3 Å². The fraction of sp³-hybridized carbons (Fsp3) is 0.500. The minimum absolute atomic E-state index is 0.0927. The summed E-state index contributed by atoms with van der Waals surface area (Å²) in [5.74, 6) is 0.810. The zero-order valence-corrected chi connectivity index (χ0v) is 16.3. The van der Waals surface area contributed by atoms with Crippen molar-refractivity contribution < 1.29 is 24.2 Å². The number of amides is 2. The van der Waals surface area contributed by atoms with E-state index < -0.39 is 0 Å². The Labute approximate surface area is 159 Å². The SMILES string of the molecule is CC[C@@H](C)[C@H](CO)NC(=O)CN1C=Cc2cc(OC)c(OC)cc2CC1=O. The number of rotatable bonds is 8. The van der Waals surface area contributed by atoms with Gasteiger partial charge < -0.3 is 24.8 Å². The van der Waals surface area contributed by atoms with Gasteiger partial charge in [-0.1, -0.05) is 20.3 Å². The summed E-state index contributed by atoms with van der Waals surface area (Å²) in [6.45, 7) is 3.75. The number of hydrogen-bond donors (Lipinski definition) is 2. The molecule has 2 N–H and O–H groups in total. The second kappa shape index (κ2) is 9.41. The van der Waals surface area contributed by atoms with E-state index in [0.717, 1.165) is 17.5 Å². The van der Waals surface area contributed by atoms with Gasteiger partial charge in [-0.15, -0.1) is 0 Å². The van der Waals surface area contributed by atoms with Crippen LogP contribution in [0.2, 0.25) is 0 Å². The lowest BCUT2D eigenvalue weighted by Crippen LogP contribution is -2.46. The molecule has 27 heavy (non-hydrogen) atoms. The van der Waals surface area contributed by atoms with Gasteiger partial charge in [0.25, 0.3) is 0 Å². The van der Waals surface area contributed by atoms with Crippen molar-refractivity contribution in [3.63, 3.8) is 0 Å². The lowest BCUT2D eigenvalue weighted by atomic mass is 10.00. The third-order valence-corrected chi connectivity index (χ3v) is 4.93. The Morgan fingerprint density at radius 2 is 1.96 bits per heavy atom. The van der Waals surface area contributed by atoms with E-state index in [-0.39, 0.29) is 43.3 Å². The molecule has 148 valence electrons. The molecule has 1 heterocycles. The molecule has 0 bridgehead atoms. The standard InChI is InChI=1S/C20H28N2O5/c1-5-13(2)16(12-23)21-19(24)11-22-7-6-14-8-17(26-3)18(27-4)9-15(14)10-20(22)25/h6-9,13,16,23H,5,10-12H2,1-4H3,(H,21,24)/t13-,16+/m1/s1. The third kappa shape index (κ3) is 5.01. The van der Waals surface area contributed by atoms with E-state index in [4.69, 9.17) is 9.47 Å². The molecule has 7 heteroatoms. The monoisotopic (exact) mass is 376 g/mol. The van der Waals surface area contributed by atoms with Gasteiger partial charge in [0.2, 0.25) is 11.8 Å². The minimum Gasteiger partial charge on any atom is -0.493 e. The Hall–Kier alpha value is -2.54. The van der Waals surface area contributed by atoms with Crippen molar-refractivity contribution in [2.24, 2.45) is 5.92 Å². The van der Waals surface area contributed by atoms with Crippen molar-refractivity contribution in [1.29, 1.82) is 0 Å². The van der Waals surface area contributed by atoms with Gasteiger partial charge in [-0.25, -0.2) is 0 Å². The molecule has 7 nitrogen and oxygen atoms in total. The Morgan fingerprint density at radius 1 is 1.30 bits per heavy atom. The van der Waals surface area contributed by atoms with Crippen molar-refractivity contribution in [3.8, 4) is 11.5 Å². The van der Waals surface area contributed by atoms with Crippen LogP contribution < -0.4 is 14.8 Å². The molecule has 1 aliphatic rings. The normalized spacial score (nSPS) is 15.6. The molecule has 2 atom stereocenters. The predicted molar refractivity (Wildman–Crippen MR) is 102 cm³/mol. The number of carbonyl (C=O) groups is 2. The Kier molecular flexibility index (Phi) is 7.24. The maximum atomic E-state index is 12.6. The quantitative estimate of drug-likeness (QED) is 0.719. The molecule has 0 aromatic heterocycles. The van der Waals surface area contributed by atoms with Gasteiger partial charge in [0.15, 0.2) is 11.5 Å². The van der Waals surface area contributed by atoms with Gasteiger partial charge in [-0.2, -0.15) is 0 Å². The highest BCUT2D eigenvalue weighted by Crippen LogP contribution is 2.32. The van der Waals surface area contributed by atoms with Gasteiger partial charge in [-0.05, 0) is 35.3 Å². The van der Waals surface area contributed by atoms with Crippen molar-refractivity contribution in [1.82, 2.24) is 10.2 Å². The number of nitrogens with zero attached hydrogens (tertiary/aromatic N) is 1. The number of ether oxygens (including phenoxy) is 2. The molecule has 0 saturated heterocycles. The summed E-state index contributed by atoms with van der Waals surface area (Å²) < 4.78 is 10.6. The van der Waals surface area contributed by atoms with Gasteiger partial charge in [0.1, 0.15) is 6.54 Å². The number of aliphatic hydroxyl groups excluding tert-OH is 1. The van der Waals surface area contributed by atoms with Crippen LogP contribution in [-0.4, -0.2) is 55.2 Å². The summed E-state index contributed by atoms with van der Waals surface area (Å²) in [5, 5.41) is 12.3. The molecule has 2 amide bonds. The average molecular weight is 376 g/mol. The second-order valence-electron chi connectivity index (χ2n) is 6.66. The summed E-state index contributed by atoms with van der Waals surface area (Å²) in [7, 11) is 3.10. The number of hydrogen-bond acceptors (Lipinski definition) is 5. The maximum Gasteiger partial charge on any atom is 0.240 e. The molecule has 0 radical (unpaired) electrons. The Morgan fingerprint density at radius 3 is 2.56 bits per heavy atom. The van der Waals surface area contributed by atoms with Gasteiger partial charge in [-0.3, -0.25) is 9.59 Å². The molecular formula is C20H28N2O5. The lowest BCUT2D eigenvalue weighted by molar-refractivity contribution is -0.133. The van der Waals surface area contributed by atoms with E-state index in [9.17, 15) is 14.7 Å². The van der Waals surface area contributed by atoms with Crippen LogP contribution in [0.4, 0.5) is 0 Å². The van der Waals surface area contributed by atoms with E-state index >= 15 is 0 Å². The van der Waals surface area contributed by atoms with Crippen LogP contribution in [0.5, 0.6) is 11.5 Å². The summed E-state index contributed by atoms with van der Waals surface area (Å²) in [4.78, 5) is 26.3. The third-order valence-electron chi connectivity index (χ3n) is 4.93. The molecule has 1 aliphatic heterocycles. The molecule has 0 saturated carbocycles. The highest BCUT2D eigenvalue weighted by atomic mass is 16.5. The van der Waals surface area contributed by atoms with E-state index in [1.54, 1.807) is 32.6 Å². The van der Waals surface area contributed by atoms with Crippen LogP contribution in [0.3, 0.4) is 0 Å². The molecule has 0 fully saturated rings. The van der Waals surface area contributed by atoms with Gasteiger partial charge >= 0.3 is 0 Å². The first-order valence-electron chi connectivity index (χ1n) is 9.06. The Bertz CT molecular complexity index is 717. The van der Waals surface area contributed by atoms with Crippen LogP contribution >= 0.6 is 0 Å². The average Bonchev–Trinajstić information content (AvgIpc) is 2.82. The maximum absolute atomic E-state index is 12.6. The molecule has 0 aliphatic carbocycles. The largest absolute Gasteiger partial charge is 0.493 e. The predicted octanol–water partition coefficient (Wildman–Crippen LogP) is 1.58. The number of benzene rings is 1. The summed E-state index contributed by atoms with van der Waals surface area (Å²) >= 11 is 0.